The minimum atomic E-state index is -0.715. The Labute approximate surface area is 202 Å². The molecule has 0 fully saturated rings. The van der Waals surface area contributed by atoms with Crippen molar-refractivity contribution in [1.82, 2.24) is 0 Å². The summed E-state index contributed by atoms with van der Waals surface area (Å²) in [6.07, 6.45) is 7.58. The number of allylic oxidation sites excluding steroid dienone is 4. The number of hydrogen-bond donors (Lipinski definition) is 0. The fourth-order valence-electron chi connectivity index (χ4n) is 4.70. The molecule has 0 aliphatic heterocycles. The van der Waals surface area contributed by atoms with Crippen LogP contribution in [0.3, 0.4) is 0 Å². The predicted molar refractivity (Wildman–Crippen MR) is 133 cm³/mol. The molecule has 0 heterocycles. The van der Waals surface area contributed by atoms with E-state index in [-0.39, 0.29) is 23.8 Å². The first-order valence-corrected chi connectivity index (χ1v) is 12.3. The first-order valence-electron chi connectivity index (χ1n) is 12.3. The zero-order valence-electron chi connectivity index (χ0n) is 20.1. The summed E-state index contributed by atoms with van der Waals surface area (Å²) in [7, 11) is 0. The SMILES string of the molecule is CC1=CC[C@H](C(=O)O[C@H](c2ccccc2)[C@H](OC(=O)[C@H]2CC=C(C)CC2)c2ccccc2)CC1. The van der Waals surface area contributed by atoms with E-state index in [1.54, 1.807) is 0 Å². The van der Waals surface area contributed by atoms with E-state index in [0.29, 0.717) is 12.8 Å². The van der Waals surface area contributed by atoms with Crippen LogP contribution in [0.15, 0.2) is 84.0 Å². The lowest BCUT2D eigenvalue weighted by molar-refractivity contribution is -0.175. The zero-order chi connectivity index (χ0) is 23.9. The number of carbonyl (C=O) groups excluding carboxylic acids is 2. The van der Waals surface area contributed by atoms with E-state index in [0.717, 1.165) is 36.8 Å². The molecule has 4 atom stereocenters. The minimum Gasteiger partial charge on any atom is -0.453 e. The summed E-state index contributed by atoms with van der Waals surface area (Å²) in [6.45, 7) is 4.20. The summed E-state index contributed by atoms with van der Waals surface area (Å²) in [5, 5.41) is 0. The Morgan fingerprint density at radius 3 is 1.38 bits per heavy atom. The van der Waals surface area contributed by atoms with Crippen LogP contribution in [0.1, 0.15) is 75.7 Å². The topological polar surface area (TPSA) is 52.6 Å². The third kappa shape index (κ3) is 6.05. The second-order valence-corrected chi connectivity index (χ2v) is 9.58. The van der Waals surface area contributed by atoms with Gasteiger partial charge in [-0.25, -0.2) is 0 Å². The lowest BCUT2D eigenvalue weighted by Crippen LogP contribution is -2.29. The first-order chi connectivity index (χ1) is 16.5. The highest BCUT2D eigenvalue weighted by atomic mass is 16.6. The van der Waals surface area contributed by atoms with Gasteiger partial charge in [-0.3, -0.25) is 9.59 Å². The van der Waals surface area contributed by atoms with Crippen LogP contribution in [-0.4, -0.2) is 11.9 Å². The number of carbonyl (C=O) groups is 2. The Balaban J connectivity index is 1.62. The van der Waals surface area contributed by atoms with Crippen LogP contribution < -0.4 is 0 Å². The van der Waals surface area contributed by atoms with E-state index in [9.17, 15) is 9.59 Å². The Hall–Kier alpha value is -3.14. The Bertz CT molecular complexity index is 952. The molecule has 0 spiro atoms. The molecular formula is C30H34O4. The molecule has 0 N–H and O–H groups in total. The largest absolute Gasteiger partial charge is 0.453 e. The highest BCUT2D eigenvalue weighted by molar-refractivity contribution is 5.74. The maximum atomic E-state index is 13.2. The van der Waals surface area contributed by atoms with Crippen molar-refractivity contribution in [3.63, 3.8) is 0 Å². The molecule has 0 radical (unpaired) electrons. The van der Waals surface area contributed by atoms with E-state index < -0.39 is 12.2 Å². The van der Waals surface area contributed by atoms with Crippen molar-refractivity contribution < 1.29 is 19.1 Å². The summed E-state index contributed by atoms with van der Waals surface area (Å²) >= 11 is 0. The zero-order valence-corrected chi connectivity index (χ0v) is 20.1. The maximum absolute atomic E-state index is 13.2. The monoisotopic (exact) mass is 458 g/mol. The first kappa shape index (κ1) is 24.0. The molecule has 2 aliphatic rings. The predicted octanol–water partition coefficient (Wildman–Crippen LogP) is 7.05. The van der Waals surface area contributed by atoms with Crippen LogP contribution >= 0.6 is 0 Å². The molecule has 4 nitrogen and oxygen atoms in total. The fourth-order valence-corrected chi connectivity index (χ4v) is 4.70. The molecule has 0 unspecified atom stereocenters. The van der Waals surface area contributed by atoms with Gasteiger partial charge in [0.1, 0.15) is 0 Å². The Morgan fingerprint density at radius 1 is 0.676 bits per heavy atom. The molecule has 2 aliphatic carbocycles. The van der Waals surface area contributed by atoms with Crippen LogP contribution in [0.5, 0.6) is 0 Å². The summed E-state index contributed by atoms with van der Waals surface area (Å²) in [4.78, 5) is 26.5. The molecule has 4 rings (SSSR count). The molecule has 2 aromatic rings. The van der Waals surface area contributed by atoms with Gasteiger partial charge in [-0.2, -0.15) is 0 Å². The molecule has 0 aromatic heterocycles. The number of ether oxygens (including phenoxy) is 2. The van der Waals surface area contributed by atoms with Crippen LogP contribution in [0.25, 0.3) is 0 Å². The molecule has 0 bridgehead atoms. The van der Waals surface area contributed by atoms with E-state index in [4.69, 9.17) is 9.47 Å². The highest BCUT2D eigenvalue weighted by Crippen LogP contribution is 2.38. The summed E-state index contributed by atoms with van der Waals surface area (Å²) in [6, 6.07) is 19.2. The van der Waals surface area contributed by atoms with Crippen molar-refractivity contribution in [2.45, 2.75) is 64.6 Å². The number of esters is 2. The van der Waals surface area contributed by atoms with E-state index in [1.807, 2.05) is 60.7 Å². The van der Waals surface area contributed by atoms with Gasteiger partial charge in [0.15, 0.2) is 12.2 Å². The molecule has 0 saturated carbocycles. The van der Waals surface area contributed by atoms with Gasteiger partial charge in [0.25, 0.3) is 0 Å². The van der Waals surface area contributed by atoms with Gasteiger partial charge >= 0.3 is 11.9 Å². The van der Waals surface area contributed by atoms with Crippen molar-refractivity contribution in [1.29, 1.82) is 0 Å². The van der Waals surface area contributed by atoms with Crippen molar-refractivity contribution in [3.8, 4) is 0 Å². The van der Waals surface area contributed by atoms with Gasteiger partial charge in [-0.15, -0.1) is 0 Å². The van der Waals surface area contributed by atoms with E-state index in [1.165, 1.54) is 11.1 Å². The van der Waals surface area contributed by atoms with Crippen LogP contribution in [0.4, 0.5) is 0 Å². The second-order valence-electron chi connectivity index (χ2n) is 9.58. The van der Waals surface area contributed by atoms with Gasteiger partial charge in [0.2, 0.25) is 0 Å². The fraction of sp³-hybridized carbons (Fsp3) is 0.400. The number of rotatable bonds is 7. The standard InChI is InChI=1S/C30H34O4/c1-21-13-17-25(18-14-21)29(31)33-27(23-9-5-3-6-10-23)28(24-11-7-4-8-12-24)34-30(32)26-19-15-22(2)16-20-26/h3-13,15,25-28H,14,16-20H2,1-2H3/t25-,26-,27+,28+/m0/s1. The lowest BCUT2D eigenvalue weighted by atomic mass is 9.89. The van der Waals surface area contributed by atoms with Crippen LogP contribution in [0.2, 0.25) is 0 Å². The highest BCUT2D eigenvalue weighted by Gasteiger charge is 2.35. The second kappa shape index (κ2) is 11.3. The van der Waals surface area contributed by atoms with Crippen molar-refractivity contribution in [3.05, 3.63) is 95.1 Å². The number of hydrogen-bond acceptors (Lipinski definition) is 4. The normalized spacial score (nSPS) is 22.1. The summed E-state index contributed by atoms with van der Waals surface area (Å²) in [5.41, 5.74) is 4.27. The summed E-state index contributed by atoms with van der Waals surface area (Å²) < 4.78 is 12.4. The van der Waals surface area contributed by atoms with Crippen LogP contribution in [0, 0.1) is 11.8 Å². The molecule has 0 saturated heterocycles. The average molecular weight is 459 g/mol. The van der Waals surface area contributed by atoms with Gasteiger partial charge in [0, 0.05) is 0 Å². The molecule has 34 heavy (non-hydrogen) atoms. The summed E-state index contributed by atoms with van der Waals surface area (Å²) in [5.74, 6) is -0.807. The third-order valence-corrected chi connectivity index (χ3v) is 6.96. The average Bonchev–Trinajstić information content (AvgIpc) is 2.87. The third-order valence-electron chi connectivity index (χ3n) is 6.96. The van der Waals surface area contributed by atoms with Crippen molar-refractivity contribution >= 4 is 11.9 Å². The minimum absolute atomic E-state index is 0.173. The van der Waals surface area contributed by atoms with Crippen LogP contribution in [-0.2, 0) is 19.1 Å². The van der Waals surface area contributed by atoms with E-state index >= 15 is 0 Å². The number of benzene rings is 2. The molecule has 178 valence electrons. The lowest BCUT2D eigenvalue weighted by Gasteiger charge is -2.31. The van der Waals surface area contributed by atoms with Crippen molar-refractivity contribution in [2.75, 3.05) is 0 Å². The van der Waals surface area contributed by atoms with Gasteiger partial charge < -0.3 is 9.47 Å². The molecular weight excluding hydrogens is 424 g/mol. The van der Waals surface area contributed by atoms with Gasteiger partial charge in [-0.05, 0) is 63.5 Å². The van der Waals surface area contributed by atoms with Gasteiger partial charge in [-0.1, -0.05) is 84.0 Å². The quantitative estimate of drug-likeness (QED) is 0.330. The molecule has 2 aromatic carbocycles. The Morgan fingerprint density at radius 2 is 1.06 bits per heavy atom. The maximum Gasteiger partial charge on any atom is 0.310 e. The molecule has 0 amide bonds. The smallest absolute Gasteiger partial charge is 0.310 e. The molecule has 4 heteroatoms. The van der Waals surface area contributed by atoms with E-state index in [2.05, 4.69) is 26.0 Å². The van der Waals surface area contributed by atoms with Crippen molar-refractivity contribution in [2.24, 2.45) is 11.8 Å². The Kier molecular flexibility index (Phi) is 7.99. The van der Waals surface area contributed by atoms with Gasteiger partial charge in [0.05, 0.1) is 11.8 Å².